The van der Waals surface area contributed by atoms with Gasteiger partial charge in [0.15, 0.2) is 11.6 Å². The first kappa shape index (κ1) is 14.2. The van der Waals surface area contributed by atoms with E-state index in [-0.39, 0.29) is 5.75 Å². The Kier molecular flexibility index (Phi) is 2.48. The second kappa shape index (κ2) is 4.38. The largest absolute Gasteiger partial charge is 0.454 e. The number of benzene rings is 2. The van der Waals surface area contributed by atoms with Gasteiger partial charge in [0.2, 0.25) is 0 Å². The molecule has 0 heterocycles. The fraction of sp³-hybridized carbons (Fsp3) is 0.455. The molecular weight excluding hydrogens is 313 g/mol. The van der Waals surface area contributed by atoms with Crippen LogP contribution < -0.4 is 10.5 Å². The van der Waals surface area contributed by atoms with Crippen molar-refractivity contribution in [2.24, 2.45) is 23.2 Å². The van der Waals surface area contributed by atoms with E-state index in [9.17, 15) is 4.39 Å². The average Bonchev–Trinajstić information content (AvgIpc) is 3.06. The van der Waals surface area contributed by atoms with E-state index < -0.39 is 5.82 Å². The van der Waals surface area contributed by atoms with E-state index in [1.165, 1.54) is 43.7 Å². The molecule has 25 heavy (non-hydrogen) atoms. The maximum atomic E-state index is 13.9. The molecule has 128 valence electrons. The molecule has 0 aliphatic heterocycles. The van der Waals surface area contributed by atoms with Crippen LogP contribution in [0.4, 0.5) is 10.1 Å². The number of hydrogen-bond donors (Lipinski definition) is 1. The zero-order valence-corrected chi connectivity index (χ0v) is 14.2. The highest BCUT2D eigenvalue weighted by Gasteiger charge is 2.77. The van der Waals surface area contributed by atoms with Crippen molar-refractivity contribution in [1.82, 2.24) is 0 Å². The summed E-state index contributed by atoms with van der Waals surface area (Å²) in [7, 11) is 0. The maximum Gasteiger partial charge on any atom is 0.167 e. The Morgan fingerprint density at radius 2 is 1.68 bits per heavy atom. The van der Waals surface area contributed by atoms with E-state index in [0.29, 0.717) is 16.9 Å². The van der Waals surface area contributed by atoms with E-state index in [2.05, 4.69) is 12.1 Å². The molecule has 2 nitrogen and oxygen atoms in total. The summed E-state index contributed by atoms with van der Waals surface area (Å²) in [5, 5.41) is 0. The molecule has 1 spiro atoms. The van der Waals surface area contributed by atoms with Crippen LogP contribution in [0.5, 0.6) is 11.5 Å². The Morgan fingerprint density at radius 1 is 0.960 bits per heavy atom. The summed E-state index contributed by atoms with van der Waals surface area (Å²) in [6, 6.07) is 13.0. The van der Waals surface area contributed by atoms with Crippen LogP contribution in [-0.4, -0.2) is 0 Å². The molecule has 2 bridgehead atoms. The smallest absolute Gasteiger partial charge is 0.167 e. The van der Waals surface area contributed by atoms with Crippen molar-refractivity contribution >= 4 is 5.69 Å². The fourth-order valence-electron chi connectivity index (χ4n) is 7.02. The molecule has 0 saturated heterocycles. The van der Waals surface area contributed by atoms with Crippen molar-refractivity contribution in [3.63, 3.8) is 0 Å². The van der Waals surface area contributed by atoms with Crippen LogP contribution in [0.1, 0.15) is 37.7 Å². The summed E-state index contributed by atoms with van der Waals surface area (Å²) in [4.78, 5) is 0. The lowest BCUT2D eigenvalue weighted by Crippen LogP contribution is -2.59. The van der Waals surface area contributed by atoms with Crippen LogP contribution in [0.3, 0.4) is 0 Å². The highest BCUT2D eigenvalue weighted by atomic mass is 19.1. The lowest BCUT2D eigenvalue weighted by molar-refractivity contribution is -0.175. The van der Waals surface area contributed by atoms with E-state index in [1.54, 1.807) is 12.1 Å². The van der Waals surface area contributed by atoms with Gasteiger partial charge in [0, 0.05) is 11.8 Å². The summed E-state index contributed by atoms with van der Waals surface area (Å²) in [5.74, 6) is 3.51. The Labute approximate surface area is 147 Å². The number of hydrogen-bond acceptors (Lipinski definition) is 2. The van der Waals surface area contributed by atoms with Gasteiger partial charge in [-0.3, -0.25) is 0 Å². The Bertz CT molecular complexity index is 858. The van der Waals surface area contributed by atoms with E-state index >= 15 is 0 Å². The lowest BCUT2D eigenvalue weighted by Gasteiger charge is -2.66. The summed E-state index contributed by atoms with van der Waals surface area (Å²) in [6.07, 6.45) is 7.14. The van der Waals surface area contributed by atoms with Gasteiger partial charge in [-0.25, -0.2) is 4.39 Å². The lowest BCUT2D eigenvalue weighted by atomic mass is 9.38. The van der Waals surface area contributed by atoms with Gasteiger partial charge in [0.1, 0.15) is 5.75 Å². The van der Waals surface area contributed by atoms with Crippen molar-refractivity contribution < 1.29 is 9.13 Å². The molecule has 4 fully saturated rings. The monoisotopic (exact) mass is 335 g/mol. The van der Waals surface area contributed by atoms with Crippen molar-refractivity contribution in [2.45, 2.75) is 37.5 Å². The number of rotatable bonds is 3. The molecule has 4 aliphatic carbocycles. The first-order valence-corrected chi connectivity index (χ1v) is 9.43. The minimum atomic E-state index is -0.424. The summed E-state index contributed by atoms with van der Waals surface area (Å²) >= 11 is 0. The standard InChI is InChI=1S/C22H22FNO/c23-19-9-17(24)3-6-20(19)25-18-4-1-13(2-5-18)21-10-15-7-14-8-16(11-21)22(14,15)12-21/h1-6,9,14-16H,7-8,10-12,24H2. The molecular formula is C22H22FNO. The van der Waals surface area contributed by atoms with E-state index in [0.717, 1.165) is 23.2 Å². The van der Waals surface area contributed by atoms with Gasteiger partial charge in [-0.15, -0.1) is 0 Å². The number of nitrogen functional groups attached to an aromatic ring is 1. The van der Waals surface area contributed by atoms with Crippen LogP contribution in [0, 0.1) is 29.0 Å². The van der Waals surface area contributed by atoms with Crippen LogP contribution in [0.2, 0.25) is 0 Å². The Morgan fingerprint density at radius 3 is 2.28 bits per heavy atom. The quantitative estimate of drug-likeness (QED) is 0.775. The van der Waals surface area contributed by atoms with Crippen LogP contribution in [0.15, 0.2) is 42.5 Å². The van der Waals surface area contributed by atoms with Gasteiger partial charge in [-0.1, -0.05) is 12.1 Å². The maximum absolute atomic E-state index is 13.9. The molecule has 3 heteroatoms. The summed E-state index contributed by atoms with van der Waals surface area (Å²) in [5.41, 5.74) is 8.61. The second-order valence-electron chi connectivity index (χ2n) is 8.86. The molecule has 2 aromatic rings. The van der Waals surface area contributed by atoms with Crippen molar-refractivity contribution in [2.75, 3.05) is 5.73 Å². The van der Waals surface area contributed by atoms with Gasteiger partial charge in [-0.05, 0) is 90.5 Å². The zero-order chi connectivity index (χ0) is 16.8. The first-order chi connectivity index (χ1) is 12.1. The molecule has 2 aromatic carbocycles. The minimum Gasteiger partial charge on any atom is -0.454 e. The molecule has 4 saturated carbocycles. The normalized spacial score (nSPS) is 39.5. The van der Waals surface area contributed by atoms with Crippen LogP contribution in [0.25, 0.3) is 0 Å². The third-order valence-electron chi connectivity index (χ3n) is 7.99. The van der Waals surface area contributed by atoms with Gasteiger partial charge in [-0.2, -0.15) is 0 Å². The van der Waals surface area contributed by atoms with Crippen molar-refractivity contribution in [3.05, 3.63) is 53.8 Å². The predicted octanol–water partition coefficient (Wildman–Crippen LogP) is 5.28. The zero-order valence-electron chi connectivity index (χ0n) is 14.2. The first-order valence-electron chi connectivity index (χ1n) is 9.43. The van der Waals surface area contributed by atoms with Gasteiger partial charge in [0.25, 0.3) is 0 Å². The van der Waals surface area contributed by atoms with Crippen molar-refractivity contribution in [1.29, 1.82) is 0 Å². The third kappa shape index (κ3) is 1.65. The number of fused-ring (bicyclic) bond motifs is 1. The molecule has 0 amide bonds. The molecule has 0 radical (unpaired) electrons. The summed E-state index contributed by atoms with van der Waals surface area (Å²) in [6.45, 7) is 0. The predicted molar refractivity (Wildman–Crippen MR) is 95.0 cm³/mol. The Hall–Kier alpha value is -2.03. The van der Waals surface area contributed by atoms with Crippen molar-refractivity contribution in [3.8, 4) is 11.5 Å². The van der Waals surface area contributed by atoms with Gasteiger partial charge in [0.05, 0.1) is 0 Å². The fourth-order valence-corrected chi connectivity index (χ4v) is 7.02. The molecule has 4 aliphatic rings. The summed E-state index contributed by atoms with van der Waals surface area (Å²) < 4.78 is 19.6. The molecule has 2 atom stereocenters. The highest BCUT2D eigenvalue weighted by molar-refractivity contribution is 5.45. The van der Waals surface area contributed by atoms with E-state index in [4.69, 9.17) is 10.5 Å². The molecule has 2 unspecified atom stereocenters. The Balaban J connectivity index is 1.27. The van der Waals surface area contributed by atoms with Gasteiger partial charge >= 0.3 is 0 Å². The molecule has 0 aromatic heterocycles. The minimum absolute atomic E-state index is 0.222. The SMILES string of the molecule is Nc1ccc(Oc2ccc(C34CC5CC6CC(C3)C65C4)cc2)c(F)c1. The average molecular weight is 335 g/mol. The molecule has 2 N–H and O–H groups in total. The van der Waals surface area contributed by atoms with Gasteiger partial charge < -0.3 is 10.5 Å². The number of anilines is 1. The third-order valence-corrected chi connectivity index (χ3v) is 7.99. The number of halogens is 1. The van der Waals surface area contributed by atoms with Crippen LogP contribution in [-0.2, 0) is 5.41 Å². The highest BCUT2D eigenvalue weighted by Crippen LogP contribution is 2.84. The van der Waals surface area contributed by atoms with Crippen LogP contribution >= 0.6 is 0 Å². The van der Waals surface area contributed by atoms with E-state index in [1.807, 2.05) is 12.1 Å². The topological polar surface area (TPSA) is 35.2 Å². The number of nitrogens with two attached hydrogens (primary N) is 1. The second-order valence-corrected chi connectivity index (χ2v) is 8.86. The number of ether oxygens (including phenoxy) is 1. The molecule has 6 rings (SSSR count).